The number of fused-ring (bicyclic) bond motifs is 1. The molecule has 1 aromatic rings. The summed E-state index contributed by atoms with van der Waals surface area (Å²) in [7, 11) is 2.03. The van der Waals surface area contributed by atoms with Gasteiger partial charge in [0.15, 0.2) is 5.69 Å². The second-order valence-electron chi connectivity index (χ2n) is 11.3. The van der Waals surface area contributed by atoms with Crippen molar-refractivity contribution >= 4 is 24.0 Å². The smallest absolute Gasteiger partial charge is 0.410 e. The minimum absolute atomic E-state index is 0.250. The number of amides is 3. The predicted octanol–water partition coefficient (Wildman–Crippen LogP) is 3.39. The lowest BCUT2D eigenvalue weighted by Gasteiger charge is -2.29. The summed E-state index contributed by atoms with van der Waals surface area (Å²) >= 11 is 0. The highest BCUT2D eigenvalue weighted by molar-refractivity contribution is 5.92. The number of hydrogen-bond acceptors (Lipinski definition) is 6. The fourth-order valence-corrected chi connectivity index (χ4v) is 3.53. The molecule has 2 aliphatic heterocycles. The molecule has 10 nitrogen and oxygen atoms in total. The number of imidazole rings is 1. The normalized spacial score (nSPS) is 16.2. The zero-order valence-corrected chi connectivity index (χ0v) is 23.4. The Hall–Kier alpha value is -2.88. The minimum atomic E-state index is -0.510. The maximum Gasteiger partial charge on any atom is 0.410 e. The quantitative estimate of drug-likeness (QED) is 0.590. The van der Waals surface area contributed by atoms with E-state index in [1.54, 1.807) is 4.90 Å². The van der Waals surface area contributed by atoms with Crippen LogP contribution in [-0.2, 0) is 22.6 Å². The van der Waals surface area contributed by atoms with Gasteiger partial charge in [0.25, 0.3) is 5.91 Å². The first-order valence-electron chi connectivity index (χ1n) is 12.5. The zero-order valence-electron chi connectivity index (χ0n) is 23.4. The second kappa shape index (κ2) is 13.4. The molecular weight excluding hydrogens is 460 g/mol. The number of aromatic nitrogens is 2. The highest BCUT2D eigenvalue weighted by atomic mass is 16.6. The Morgan fingerprint density at radius 2 is 1.72 bits per heavy atom. The summed E-state index contributed by atoms with van der Waals surface area (Å²) in [4.78, 5) is 41.2. The van der Waals surface area contributed by atoms with Crippen molar-refractivity contribution in [3.8, 4) is 0 Å². The first-order valence-corrected chi connectivity index (χ1v) is 12.5. The number of rotatable bonds is 2. The van der Waals surface area contributed by atoms with Crippen LogP contribution in [0.5, 0.6) is 0 Å². The maximum atomic E-state index is 12.3. The molecule has 0 saturated carbocycles. The van der Waals surface area contributed by atoms with Crippen molar-refractivity contribution in [2.24, 2.45) is 16.9 Å². The molecule has 0 radical (unpaired) electrons. The third-order valence-electron chi connectivity index (χ3n) is 5.86. The van der Waals surface area contributed by atoms with Crippen LogP contribution in [0.1, 0.15) is 89.7 Å². The topological polar surface area (TPSA) is 137 Å². The van der Waals surface area contributed by atoms with Crippen molar-refractivity contribution in [3.05, 3.63) is 23.3 Å². The monoisotopic (exact) mass is 506 g/mol. The molecule has 0 spiro atoms. The Balaban J connectivity index is 0.000000621. The lowest BCUT2D eigenvalue weighted by molar-refractivity contribution is -0.106. The molecule has 36 heavy (non-hydrogen) atoms. The summed E-state index contributed by atoms with van der Waals surface area (Å²) in [6.07, 6.45) is 4.88. The first kappa shape index (κ1) is 31.2. The van der Waals surface area contributed by atoms with Gasteiger partial charge >= 0.3 is 6.09 Å². The van der Waals surface area contributed by atoms with Gasteiger partial charge in [-0.3, -0.25) is 9.59 Å². The third kappa shape index (κ3) is 10.0. The summed E-state index contributed by atoms with van der Waals surface area (Å²) in [6, 6.07) is 0. The van der Waals surface area contributed by atoms with Gasteiger partial charge in [-0.15, -0.1) is 0 Å². The van der Waals surface area contributed by atoms with Gasteiger partial charge < -0.3 is 30.6 Å². The Morgan fingerprint density at radius 1 is 1.14 bits per heavy atom. The minimum Gasteiger partial charge on any atom is -0.444 e. The van der Waals surface area contributed by atoms with Gasteiger partial charge in [0.05, 0.1) is 5.69 Å². The van der Waals surface area contributed by atoms with Crippen LogP contribution in [0.25, 0.3) is 5.57 Å². The molecular formula is C26H46N6O4. The number of nitrogens with two attached hydrogens (primary N) is 2. The number of hydrogen-bond donors (Lipinski definition) is 2. The Kier molecular flexibility index (Phi) is 11.6. The van der Waals surface area contributed by atoms with E-state index in [-0.39, 0.29) is 12.5 Å². The molecule has 3 amide bonds. The molecule has 4 N–H and O–H groups in total. The standard InChI is InChI=1S/C19H29N5O3.C6H14.CH3NO/c1-19(2,3)27-18(26)23-10-6-13(7-11-23)17-21-15(16(20)25)14-12-22(4)8-5-9-24(14)17;1-5-6(2,3)4;2-1-3/h6H,5,7-12H2,1-4H3,(H2,20,25);5H2,1-4H3;1H,(H2,2,3). The molecule has 204 valence electrons. The van der Waals surface area contributed by atoms with Gasteiger partial charge in [-0.05, 0) is 58.2 Å². The van der Waals surface area contributed by atoms with Crippen LogP contribution in [0.4, 0.5) is 4.79 Å². The Morgan fingerprint density at radius 3 is 2.17 bits per heavy atom. The summed E-state index contributed by atoms with van der Waals surface area (Å²) in [5.41, 5.74) is 12.1. The molecule has 3 heterocycles. The van der Waals surface area contributed by atoms with Gasteiger partial charge in [0, 0.05) is 26.2 Å². The van der Waals surface area contributed by atoms with Crippen molar-refractivity contribution < 1.29 is 19.1 Å². The van der Waals surface area contributed by atoms with E-state index < -0.39 is 11.5 Å². The number of carbonyl (C=O) groups excluding carboxylic acids is 3. The van der Waals surface area contributed by atoms with E-state index >= 15 is 0 Å². The average Bonchev–Trinajstić information content (AvgIpc) is 3.00. The van der Waals surface area contributed by atoms with Crippen LogP contribution in [0.2, 0.25) is 0 Å². The summed E-state index contributed by atoms with van der Waals surface area (Å²) < 4.78 is 7.57. The highest BCUT2D eigenvalue weighted by Crippen LogP contribution is 2.27. The average molecular weight is 507 g/mol. The van der Waals surface area contributed by atoms with E-state index in [9.17, 15) is 9.59 Å². The van der Waals surface area contributed by atoms with Crippen molar-refractivity contribution in [2.75, 3.05) is 26.7 Å². The van der Waals surface area contributed by atoms with Gasteiger partial charge in [0.1, 0.15) is 11.4 Å². The van der Waals surface area contributed by atoms with Crippen LogP contribution in [0.3, 0.4) is 0 Å². The number of ether oxygens (including phenoxy) is 1. The highest BCUT2D eigenvalue weighted by Gasteiger charge is 2.28. The van der Waals surface area contributed by atoms with E-state index in [0.29, 0.717) is 37.2 Å². The zero-order chi connectivity index (χ0) is 27.7. The lowest BCUT2D eigenvalue weighted by atomic mass is 9.94. The molecule has 0 aromatic carbocycles. The van der Waals surface area contributed by atoms with E-state index in [1.807, 2.05) is 33.9 Å². The lowest BCUT2D eigenvalue weighted by Crippen LogP contribution is -2.39. The first-order chi connectivity index (χ1) is 16.6. The summed E-state index contributed by atoms with van der Waals surface area (Å²) in [5, 5.41) is 0. The van der Waals surface area contributed by atoms with Gasteiger partial charge in [-0.25, -0.2) is 9.78 Å². The molecule has 1 aromatic heterocycles. The van der Waals surface area contributed by atoms with E-state index in [2.05, 4.69) is 47.9 Å². The number of primary amides is 2. The van der Waals surface area contributed by atoms with Crippen LogP contribution in [0, 0.1) is 5.41 Å². The molecule has 0 fully saturated rings. The van der Waals surface area contributed by atoms with Gasteiger partial charge in [0.2, 0.25) is 6.41 Å². The number of carbonyl (C=O) groups is 3. The fourth-order valence-electron chi connectivity index (χ4n) is 3.53. The third-order valence-corrected chi connectivity index (χ3v) is 5.86. The second-order valence-corrected chi connectivity index (χ2v) is 11.3. The van der Waals surface area contributed by atoms with Crippen LogP contribution >= 0.6 is 0 Å². The fraction of sp³-hybridized carbons (Fsp3) is 0.692. The van der Waals surface area contributed by atoms with E-state index in [0.717, 1.165) is 36.6 Å². The van der Waals surface area contributed by atoms with Crippen LogP contribution < -0.4 is 11.5 Å². The van der Waals surface area contributed by atoms with E-state index in [1.165, 1.54) is 6.42 Å². The van der Waals surface area contributed by atoms with Crippen LogP contribution in [0.15, 0.2) is 6.08 Å². The van der Waals surface area contributed by atoms with Crippen molar-refractivity contribution in [1.82, 2.24) is 19.4 Å². The predicted molar refractivity (Wildman–Crippen MR) is 142 cm³/mol. The van der Waals surface area contributed by atoms with Crippen molar-refractivity contribution in [1.29, 1.82) is 0 Å². The Labute approximate surface area is 216 Å². The summed E-state index contributed by atoms with van der Waals surface area (Å²) in [6.45, 7) is 18.0. The number of nitrogens with zero attached hydrogens (tertiary/aromatic N) is 4. The molecule has 2 aliphatic rings. The molecule has 0 atom stereocenters. The Bertz CT molecular complexity index is 924. The summed E-state index contributed by atoms with van der Waals surface area (Å²) in [5.74, 6) is 0.310. The van der Waals surface area contributed by atoms with Crippen molar-refractivity contribution in [2.45, 2.75) is 86.4 Å². The maximum absolute atomic E-state index is 12.3. The SMILES string of the molecule is CCC(C)(C)C.CN1CCCn2c(C3=CCN(C(=O)OC(C)(C)C)CC3)nc(C(N)=O)c2C1.NC=O. The molecule has 0 unspecified atom stereocenters. The van der Waals surface area contributed by atoms with Gasteiger partial charge in [-0.2, -0.15) is 0 Å². The van der Waals surface area contributed by atoms with Gasteiger partial charge in [-0.1, -0.05) is 40.2 Å². The van der Waals surface area contributed by atoms with Crippen molar-refractivity contribution in [3.63, 3.8) is 0 Å². The molecule has 0 bridgehead atoms. The molecule has 3 rings (SSSR count). The molecule has 0 saturated heterocycles. The van der Waals surface area contributed by atoms with E-state index in [4.69, 9.17) is 15.3 Å². The largest absolute Gasteiger partial charge is 0.444 e. The molecule has 0 aliphatic carbocycles. The molecule has 10 heteroatoms. The van der Waals surface area contributed by atoms with Crippen LogP contribution in [-0.4, -0.2) is 70.0 Å².